The van der Waals surface area contributed by atoms with Crippen LogP contribution in [0, 0.1) is 11.6 Å². The molecule has 0 aromatic heterocycles. The van der Waals surface area contributed by atoms with Crippen molar-refractivity contribution in [2.24, 2.45) is 0 Å². The van der Waals surface area contributed by atoms with Crippen molar-refractivity contribution in [3.8, 4) is 11.1 Å². The van der Waals surface area contributed by atoms with Crippen LogP contribution in [0.3, 0.4) is 0 Å². The topological polar surface area (TPSA) is 66.8 Å². The zero-order chi connectivity index (χ0) is 18.7. The number of morpholine rings is 1. The summed E-state index contributed by atoms with van der Waals surface area (Å²) in [5.74, 6) is -2.72. The van der Waals surface area contributed by atoms with Crippen LogP contribution in [-0.2, 0) is 9.53 Å². The third-order valence-corrected chi connectivity index (χ3v) is 4.28. The lowest BCUT2D eigenvalue weighted by molar-refractivity contribution is -0.139. The Bertz CT molecular complexity index is 823. The summed E-state index contributed by atoms with van der Waals surface area (Å²) in [5, 5.41) is 8.98. The number of carboxylic acid groups (broad SMARTS) is 1. The van der Waals surface area contributed by atoms with E-state index in [-0.39, 0.29) is 31.7 Å². The van der Waals surface area contributed by atoms with Gasteiger partial charge in [-0.2, -0.15) is 0 Å². The monoisotopic (exact) mass is 361 g/mol. The van der Waals surface area contributed by atoms with Crippen LogP contribution in [0.15, 0.2) is 42.5 Å². The zero-order valence-corrected chi connectivity index (χ0v) is 13.8. The molecule has 5 nitrogen and oxygen atoms in total. The number of rotatable bonds is 4. The number of benzene rings is 2. The highest BCUT2D eigenvalue weighted by molar-refractivity contribution is 5.95. The fourth-order valence-electron chi connectivity index (χ4n) is 2.96. The van der Waals surface area contributed by atoms with Crippen molar-refractivity contribution in [3.05, 3.63) is 59.7 Å². The highest BCUT2D eigenvalue weighted by Gasteiger charge is 2.31. The molecule has 0 radical (unpaired) electrons. The summed E-state index contributed by atoms with van der Waals surface area (Å²) in [6.45, 7) is 0.584. The quantitative estimate of drug-likeness (QED) is 0.909. The first-order valence-corrected chi connectivity index (χ1v) is 8.11. The molecular weight excluding hydrogens is 344 g/mol. The summed E-state index contributed by atoms with van der Waals surface area (Å²) in [5.41, 5.74) is 1.01. The Morgan fingerprint density at radius 2 is 1.81 bits per heavy atom. The van der Waals surface area contributed by atoms with E-state index in [2.05, 4.69) is 0 Å². The average Bonchev–Trinajstić information content (AvgIpc) is 2.62. The molecule has 1 saturated heterocycles. The van der Waals surface area contributed by atoms with Crippen LogP contribution < -0.4 is 0 Å². The van der Waals surface area contributed by atoms with Crippen molar-refractivity contribution < 1.29 is 28.2 Å². The van der Waals surface area contributed by atoms with Gasteiger partial charge in [0.2, 0.25) is 0 Å². The van der Waals surface area contributed by atoms with Crippen molar-refractivity contribution >= 4 is 11.9 Å². The molecule has 136 valence electrons. The van der Waals surface area contributed by atoms with Crippen molar-refractivity contribution in [3.63, 3.8) is 0 Å². The van der Waals surface area contributed by atoms with Gasteiger partial charge in [0.1, 0.15) is 11.6 Å². The SMILES string of the molecule is O=C(O)CC1COCCN1C(=O)c1ccc(-c2ccc(F)cc2)cc1F. The number of carboxylic acids is 1. The Morgan fingerprint density at radius 1 is 1.12 bits per heavy atom. The first-order chi connectivity index (χ1) is 12.5. The molecule has 26 heavy (non-hydrogen) atoms. The van der Waals surface area contributed by atoms with E-state index in [1.807, 2.05) is 0 Å². The number of hydrogen-bond acceptors (Lipinski definition) is 3. The molecule has 1 N–H and O–H groups in total. The number of ether oxygens (including phenoxy) is 1. The highest BCUT2D eigenvalue weighted by Crippen LogP contribution is 2.24. The smallest absolute Gasteiger partial charge is 0.305 e. The zero-order valence-electron chi connectivity index (χ0n) is 13.8. The van der Waals surface area contributed by atoms with Crippen LogP contribution in [0.1, 0.15) is 16.8 Å². The van der Waals surface area contributed by atoms with Gasteiger partial charge in [-0.05, 0) is 35.4 Å². The number of carbonyl (C=O) groups excluding carboxylic acids is 1. The third kappa shape index (κ3) is 3.88. The van der Waals surface area contributed by atoms with E-state index in [1.165, 1.54) is 41.3 Å². The largest absolute Gasteiger partial charge is 0.481 e. The molecule has 0 saturated carbocycles. The Kier molecular flexibility index (Phi) is 5.27. The van der Waals surface area contributed by atoms with E-state index in [0.29, 0.717) is 11.1 Å². The standard InChI is InChI=1S/C19H17F2NO4/c20-14-4-1-12(2-5-14)13-3-6-16(17(21)9-13)19(25)22-7-8-26-11-15(22)10-18(23)24/h1-6,9,15H,7-8,10-11H2,(H,23,24). The Hall–Kier alpha value is -2.80. The van der Waals surface area contributed by atoms with Gasteiger partial charge in [0, 0.05) is 6.54 Å². The lowest BCUT2D eigenvalue weighted by Gasteiger charge is -2.35. The first kappa shape index (κ1) is 18.0. The van der Waals surface area contributed by atoms with Gasteiger partial charge in [-0.25, -0.2) is 8.78 Å². The maximum Gasteiger partial charge on any atom is 0.305 e. The van der Waals surface area contributed by atoms with Gasteiger partial charge in [-0.15, -0.1) is 0 Å². The van der Waals surface area contributed by atoms with E-state index in [1.54, 1.807) is 6.07 Å². The van der Waals surface area contributed by atoms with Crippen LogP contribution in [0.5, 0.6) is 0 Å². The lowest BCUT2D eigenvalue weighted by Crippen LogP contribution is -2.49. The van der Waals surface area contributed by atoms with E-state index < -0.39 is 29.6 Å². The van der Waals surface area contributed by atoms with E-state index in [4.69, 9.17) is 9.84 Å². The Morgan fingerprint density at radius 3 is 2.46 bits per heavy atom. The Balaban J connectivity index is 1.85. The maximum absolute atomic E-state index is 14.5. The van der Waals surface area contributed by atoms with Gasteiger partial charge in [0.05, 0.1) is 31.2 Å². The molecule has 1 unspecified atom stereocenters. The molecule has 3 rings (SSSR count). The number of nitrogens with zero attached hydrogens (tertiary/aromatic N) is 1. The van der Waals surface area contributed by atoms with Crippen LogP contribution in [-0.4, -0.2) is 47.7 Å². The molecule has 1 aliphatic rings. The molecule has 1 fully saturated rings. The van der Waals surface area contributed by atoms with Gasteiger partial charge < -0.3 is 14.7 Å². The van der Waals surface area contributed by atoms with E-state index in [9.17, 15) is 18.4 Å². The van der Waals surface area contributed by atoms with Crippen molar-refractivity contribution in [2.75, 3.05) is 19.8 Å². The second-order valence-corrected chi connectivity index (χ2v) is 6.03. The van der Waals surface area contributed by atoms with Gasteiger partial charge in [-0.3, -0.25) is 9.59 Å². The molecule has 0 aliphatic carbocycles. The molecule has 2 aromatic carbocycles. The predicted molar refractivity (Wildman–Crippen MR) is 89.7 cm³/mol. The molecule has 0 bridgehead atoms. The molecule has 1 aliphatic heterocycles. The van der Waals surface area contributed by atoms with Gasteiger partial charge in [0.15, 0.2) is 0 Å². The summed E-state index contributed by atoms with van der Waals surface area (Å²) in [7, 11) is 0. The van der Waals surface area contributed by atoms with Crippen molar-refractivity contribution in [1.29, 1.82) is 0 Å². The highest BCUT2D eigenvalue weighted by atomic mass is 19.1. The summed E-state index contributed by atoms with van der Waals surface area (Å²) >= 11 is 0. The minimum Gasteiger partial charge on any atom is -0.481 e. The summed E-state index contributed by atoms with van der Waals surface area (Å²) in [6, 6.07) is 9.12. The molecular formula is C19H17F2NO4. The minimum absolute atomic E-state index is 0.104. The molecule has 1 heterocycles. The van der Waals surface area contributed by atoms with E-state index >= 15 is 0 Å². The third-order valence-electron chi connectivity index (χ3n) is 4.28. The lowest BCUT2D eigenvalue weighted by atomic mass is 10.0. The van der Waals surface area contributed by atoms with Crippen molar-refractivity contribution in [2.45, 2.75) is 12.5 Å². The maximum atomic E-state index is 14.5. The second kappa shape index (κ2) is 7.61. The molecule has 1 amide bonds. The molecule has 1 atom stereocenters. The summed E-state index contributed by atoms with van der Waals surface area (Å²) in [6.07, 6.45) is -0.263. The van der Waals surface area contributed by atoms with Crippen LogP contribution in [0.2, 0.25) is 0 Å². The second-order valence-electron chi connectivity index (χ2n) is 6.03. The van der Waals surface area contributed by atoms with E-state index in [0.717, 1.165) is 0 Å². The van der Waals surface area contributed by atoms with Gasteiger partial charge in [-0.1, -0.05) is 18.2 Å². The fourth-order valence-corrected chi connectivity index (χ4v) is 2.96. The Labute approximate surface area is 148 Å². The first-order valence-electron chi connectivity index (χ1n) is 8.11. The number of aliphatic carboxylic acids is 1. The van der Waals surface area contributed by atoms with Crippen LogP contribution >= 0.6 is 0 Å². The summed E-state index contributed by atoms with van der Waals surface area (Å²) < 4.78 is 32.8. The van der Waals surface area contributed by atoms with Crippen LogP contribution in [0.4, 0.5) is 8.78 Å². The van der Waals surface area contributed by atoms with Gasteiger partial charge >= 0.3 is 5.97 Å². The minimum atomic E-state index is -1.05. The summed E-state index contributed by atoms with van der Waals surface area (Å²) in [4.78, 5) is 25.0. The number of hydrogen-bond donors (Lipinski definition) is 1. The van der Waals surface area contributed by atoms with Crippen LogP contribution in [0.25, 0.3) is 11.1 Å². The molecule has 0 spiro atoms. The molecule has 7 heteroatoms. The molecule has 2 aromatic rings. The normalized spacial score (nSPS) is 17.2. The fraction of sp³-hybridized carbons (Fsp3) is 0.263. The van der Waals surface area contributed by atoms with Gasteiger partial charge in [0.25, 0.3) is 5.91 Å². The average molecular weight is 361 g/mol. The van der Waals surface area contributed by atoms with Crippen molar-refractivity contribution in [1.82, 2.24) is 4.90 Å². The number of amides is 1. The number of carbonyl (C=O) groups is 2. The number of halogens is 2. The predicted octanol–water partition coefficient (Wildman–Crippen LogP) is 2.95.